The Kier molecular flexibility index (Phi) is 2.41. The van der Waals surface area contributed by atoms with E-state index in [1.165, 1.54) is 0 Å². The van der Waals surface area contributed by atoms with Gasteiger partial charge in [0.1, 0.15) is 5.82 Å². The van der Waals surface area contributed by atoms with Crippen LogP contribution in [0.3, 0.4) is 0 Å². The molecule has 2 aromatic heterocycles. The molecule has 0 radical (unpaired) electrons. The van der Waals surface area contributed by atoms with Crippen molar-refractivity contribution in [3.05, 3.63) is 24.4 Å². The highest BCUT2D eigenvalue weighted by Crippen LogP contribution is 2.04. The first kappa shape index (κ1) is 9.08. The third-order valence-corrected chi connectivity index (χ3v) is 2.25. The molecule has 0 fully saturated rings. The van der Waals surface area contributed by atoms with Crippen LogP contribution < -0.4 is 5.73 Å². The topological polar surface area (TPSA) is 69.1 Å². The van der Waals surface area contributed by atoms with Gasteiger partial charge in [-0.15, -0.1) is 10.2 Å². The van der Waals surface area contributed by atoms with E-state index in [4.69, 9.17) is 5.73 Å². The van der Waals surface area contributed by atoms with Crippen molar-refractivity contribution < 1.29 is 0 Å². The van der Waals surface area contributed by atoms with Crippen molar-refractivity contribution in [1.29, 1.82) is 0 Å². The van der Waals surface area contributed by atoms with E-state index in [1.807, 2.05) is 10.6 Å². The fourth-order valence-corrected chi connectivity index (χ4v) is 1.32. The Balaban J connectivity index is 2.33. The molecule has 1 atom stereocenters. The summed E-state index contributed by atoms with van der Waals surface area (Å²) in [7, 11) is 0. The third-order valence-electron chi connectivity index (χ3n) is 2.25. The van der Waals surface area contributed by atoms with Crippen LogP contribution in [0.5, 0.6) is 0 Å². The lowest BCUT2D eigenvalue weighted by Gasteiger charge is -2.05. The van der Waals surface area contributed by atoms with E-state index < -0.39 is 0 Å². The van der Waals surface area contributed by atoms with Crippen LogP contribution in [0.25, 0.3) is 5.65 Å². The first-order chi connectivity index (χ1) is 6.81. The molecule has 0 aliphatic heterocycles. The monoisotopic (exact) mass is 191 g/mol. The second-order valence-corrected chi connectivity index (χ2v) is 3.29. The van der Waals surface area contributed by atoms with Gasteiger partial charge in [-0.2, -0.15) is 0 Å². The number of hydrogen-bond acceptors (Lipinski definition) is 4. The van der Waals surface area contributed by atoms with Crippen LogP contribution in [0.4, 0.5) is 0 Å². The number of rotatable bonds is 3. The molecule has 74 valence electrons. The van der Waals surface area contributed by atoms with E-state index >= 15 is 0 Å². The van der Waals surface area contributed by atoms with E-state index in [0.717, 1.165) is 24.3 Å². The minimum atomic E-state index is 0.149. The average Bonchev–Trinajstić information content (AvgIpc) is 2.62. The summed E-state index contributed by atoms with van der Waals surface area (Å²) in [6.45, 7) is 2.06. The second kappa shape index (κ2) is 3.71. The Bertz CT molecular complexity index is 422. The van der Waals surface area contributed by atoms with Gasteiger partial charge in [-0.3, -0.25) is 9.38 Å². The van der Waals surface area contributed by atoms with Gasteiger partial charge >= 0.3 is 0 Å². The fraction of sp³-hybridized carbons (Fsp3) is 0.444. The Morgan fingerprint density at radius 2 is 2.36 bits per heavy atom. The maximum Gasteiger partial charge on any atom is 0.179 e. The molecule has 0 aromatic carbocycles. The average molecular weight is 191 g/mol. The van der Waals surface area contributed by atoms with E-state index in [2.05, 4.69) is 22.1 Å². The Morgan fingerprint density at radius 1 is 1.50 bits per heavy atom. The summed E-state index contributed by atoms with van der Waals surface area (Å²) in [5.74, 6) is 0.900. The summed E-state index contributed by atoms with van der Waals surface area (Å²) in [5.41, 5.74) is 6.63. The molecule has 2 aromatic rings. The summed E-state index contributed by atoms with van der Waals surface area (Å²) in [6.07, 6.45) is 6.96. The van der Waals surface area contributed by atoms with Crippen molar-refractivity contribution in [3.8, 4) is 0 Å². The largest absolute Gasteiger partial charge is 0.327 e. The predicted molar refractivity (Wildman–Crippen MR) is 52.8 cm³/mol. The quantitative estimate of drug-likeness (QED) is 0.762. The summed E-state index contributed by atoms with van der Waals surface area (Å²) >= 11 is 0. The molecule has 5 heteroatoms. The van der Waals surface area contributed by atoms with Crippen molar-refractivity contribution >= 4 is 5.65 Å². The van der Waals surface area contributed by atoms with Crippen LogP contribution in [0.15, 0.2) is 18.6 Å². The molecular formula is C9H13N5. The minimum Gasteiger partial charge on any atom is -0.327 e. The molecule has 2 heterocycles. The summed E-state index contributed by atoms with van der Waals surface area (Å²) in [6, 6.07) is 0.149. The number of nitrogens with two attached hydrogens (primary N) is 1. The molecule has 5 nitrogen and oxygen atoms in total. The number of hydrogen-bond donors (Lipinski definition) is 1. The molecule has 0 aliphatic rings. The summed E-state index contributed by atoms with van der Waals surface area (Å²) < 4.78 is 1.92. The van der Waals surface area contributed by atoms with E-state index in [1.54, 1.807) is 12.4 Å². The Hall–Kier alpha value is -1.49. The molecule has 0 aliphatic carbocycles. The number of aromatic nitrogens is 4. The highest BCUT2D eigenvalue weighted by Gasteiger charge is 2.08. The Morgan fingerprint density at radius 3 is 3.14 bits per heavy atom. The molecule has 0 bridgehead atoms. The van der Waals surface area contributed by atoms with Gasteiger partial charge in [0, 0.05) is 24.9 Å². The normalized spacial score (nSPS) is 13.3. The van der Waals surface area contributed by atoms with Crippen LogP contribution >= 0.6 is 0 Å². The molecule has 0 saturated heterocycles. The van der Waals surface area contributed by atoms with E-state index in [0.29, 0.717) is 0 Å². The lowest BCUT2D eigenvalue weighted by atomic mass is 10.1. The lowest BCUT2D eigenvalue weighted by Crippen LogP contribution is -2.22. The maximum atomic E-state index is 5.86. The van der Waals surface area contributed by atoms with Crippen molar-refractivity contribution in [2.75, 3.05) is 0 Å². The molecule has 0 spiro atoms. The fourth-order valence-electron chi connectivity index (χ4n) is 1.32. The van der Waals surface area contributed by atoms with Gasteiger partial charge in [-0.25, -0.2) is 0 Å². The van der Waals surface area contributed by atoms with E-state index in [9.17, 15) is 0 Å². The minimum absolute atomic E-state index is 0.149. The van der Waals surface area contributed by atoms with Gasteiger partial charge < -0.3 is 5.73 Å². The highest BCUT2D eigenvalue weighted by molar-refractivity contribution is 5.33. The van der Waals surface area contributed by atoms with Gasteiger partial charge in [0.2, 0.25) is 0 Å². The molecule has 14 heavy (non-hydrogen) atoms. The summed E-state index contributed by atoms with van der Waals surface area (Å²) in [5, 5.41) is 8.08. The SMILES string of the molecule is CCC(N)Cc1nnc2cnccn12. The molecule has 0 saturated carbocycles. The maximum absolute atomic E-state index is 5.86. The van der Waals surface area contributed by atoms with Crippen LogP contribution in [0.1, 0.15) is 19.2 Å². The Labute approximate surface area is 82.0 Å². The zero-order valence-electron chi connectivity index (χ0n) is 8.09. The van der Waals surface area contributed by atoms with Gasteiger partial charge in [0.15, 0.2) is 5.65 Å². The van der Waals surface area contributed by atoms with Gasteiger partial charge in [-0.1, -0.05) is 6.92 Å². The lowest BCUT2D eigenvalue weighted by molar-refractivity contribution is 0.620. The third kappa shape index (κ3) is 1.58. The van der Waals surface area contributed by atoms with Crippen molar-refractivity contribution in [3.63, 3.8) is 0 Å². The molecule has 1 unspecified atom stereocenters. The first-order valence-electron chi connectivity index (χ1n) is 4.70. The first-order valence-corrected chi connectivity index (χ1v) is 4.70. The second-order valence-electron chi connectivity index (χ2n) is 3.29. The van der Waals surface area contributed by atoms with Crippen LogP contribution in [-0.4, -0.2) is 25.6 Å². The number of nitrogens with zero attached hydrogens (tertiary/aromatic N) is 4. The molecule has 2 rings (SSSR count). The van der Waals surface area contributed by atoms with E-state index in [-0.39, 0.29) is 6.04 Å². The summed E-state index contributed by atoms with van der Waals surface area (Å²) in [4.78, 5) is 3.97. The molecule has 2 N–H and O–H groups in total. The zero-order chi connectivity index (χ0) is 9.97. The van der Waals surface area contributed by atoms with Crippen molar-refractivity contribution in [2.24, 2.45) is 5.73 Å². The van der Waals surface area contributed by atoms with Crippen molar-refractivity contribution in [2.45, 2.75) is 25.8 Å². The standard InChI is InChI=1S/C9H13N5/c1-2-7(10)5-8-12-13-9-6-11-3-4-14(8)9/h3-4,6-7H,2,5,10H2,1H3. The molecule has 0 amide bonds. The van der Waals surface area contributed by atoms with Crippen LogP contribution in [-0.2, 0) is 6.42 Å². The molecular weight excluding hydrogens is 178 g/mol. The predicted octanol–water partition coefficient (Wildman–Crippen LogP) is 0.404. The van der Waals surface area contributed by atoms with Crippen molar-refractivity contribution in [1.82, 2.24) is 19.6 Å². The van der Waals surface area contributed by atoms with Crippen LogP contribution in [0.2, 0.25) is 0 Å². The van der Waals surface area contributed by atoms with Gasteiger partial charge in [-0.05, 0) is 6.42 Å². The van der Waals surface area contributed by atoms with Crippen LogP contribution in [0, 0.1) is 0 Å². The van der Waals surface area contributed by atoms with Gasteiger partial charge in [0.25, 0.3) is 0 Å². The smallest absolute Gasteiger partial charge is 0.179 e. The number of fused-ring (bicyclic) bond motifs is 1. The van der Waals surface area contributed by atoms with Gasteiger partial charge in [0.05, 0.1) is 6.20 Å². The zero-order valence-corrected chi connectivity index (χ0v) is 8.09. The highest BCUT2D eigenvalue weighted by atomic mass is 15.2.